The van der Waals surface area contributed by atoms with Crippen molar-refractivity contribution in [3.05, 3.63) is 47.8 Å². The van der Waals surface area contributed by atoms with Crippen molar-refractivity contribution in [3.63, 3.8) is 0 Å². The molecular formula is C11H11ClFN3. The Labute approximate surface area is 97.9 Å². The van der Waals surface area contributed by atoms with Crippen LogP contribution in [0.15, 0.2) is 30.6 Å². The summed E-state index contributed by atoms with van der Waals surface area (Å²) in [5.41, 5.74) is 0.867. The van der Waals surface area contributed by atoms with Crippen molar-refractivity contribution < 1.29 is 4.39 Å². The quantitative estimate of drug-likeness (QED) is 0.771. The highest BCUT2D eigenvalue weighted by Crippen LogP contribution is 2.20. The predicted molar refractivity (Wildman–Crippen MR) is 59.8 cm³/mol. The molecule has 2 rings (SSSR count). The van der Waals surface area contributed by atoms with Crippen LogP contribution >= 0.6 is 11.6 Å². The first kappa shape index (κ1) is 11.1. The second-order valence-corrected chi connectivity index (χ2v) is 3.79. The van der Waals surface area contributed by atoms with E-state index in [1.54, 1.807) is 12.4 Å². The Bertz CT molecular complexity index is 484. The first-order valence-corrected chi connectivity index (χ1v) is 5.45. The Balaban J connectivity index is 2.35. The molecular weight excluding hydrogens is 229 g/mol. The maximum Gasteiger partial charge on any atom is 0.148 e. The van der Waals surface area contributed by atoms with Gasteiger partial charge in [-0.15, -0.1) is 21.8 Å². The van der Waals surface area contributed by atoms with Crippen molar-refractivity contribution in [3.8, 4) is 0 Å². The average molecular weight is 240 g/mol. The number of nitrogens with zero attached hydrogens (tertiary/aromatic N) is 3. The van der Waals surface area contributed by atoms with Crippen molar-refractivity contribution in [2.75, 3.05) is 0 Å². The van der Waals surface area contributed by atoms with Crippen LogP contribution in [0.4, 0.5) is 4.39 Å². The molecule has 0 saturated heterocycles. The Hall–Kier alpha value is -1.42. The van der Waals surface area contributed by atoms with Crippen molar-refractivity contribution in [2.45, 2.75) is 18.8 Å². The minimum Gasteiger partial charge on any atom is -0.309 e. The molecule has 0 fully saturated rings. The molecule has 0 radical (unpaired) electrons. The average Bonchev–Trinajstić information content (AvgIpc) is 2.76. The fraction of sp³-hybridized carbons (Fsp3) is 0.273. The zero-order valence-electron chi connectivity index (χ0n) is 8.77. The van der Waals surface area contributed by atoms with Crippen LogP contribution in [0.2, 0.25) is 0 Å². The summed E-state index contributed by atoms with van der Waals surface area (Å²) in [4.78, 5) is 0. The van der Waals surface area contributed by atoms with Crippen LogP contribution in [0.25, 0.3) is 0 Å². The summed E-state index contributed by atoms with van der Waals surface area (Å²) in [6.07, 6.45) is 1.60. The molecule has 16 heavy (non-hydrogen) atoms. The molecule has 1 unspecified atom stereocenters. The number of rotatable bonds is 3. The summed E-state index contributed by atoms with van der Waals surface area (Å²) in [6.45, 7) is 1.95. The van der Waals surface area contributed by atoms with Gasteiger partial charge in [0.2, 0.25) is 0 Å². The molecule has 5 heteroatoms. The molecule has 0 bridgehead atoms. The summed E-state index contributed by atoms with van der Waals surface area (Å²) in [5, 5.41) is 7.69. The van der Waals surface area contributed by atoms with E-state index < -0.39 is 0 Å². The monoisotopic (exact) mass is 239 g/mol. The van der Waals surface area contributed by atoms with Gasteiger partial charge in [-0.1, -0.05) is 12.1 Å². The van der Waals surface area contributed by atoms with Gasteiger partial charge in [-0.3, -0.25) is 0 Å². The molecule has 84 valence electrons. The van der Waals surface area contributed by atoms with E-state index in [4.69, 9.17) is 11.6 Å². The summed E-state index contributed by atoms with van der Waals surface area (Å²) in [6, 6.07) is 6.45. The molecule has 0 aliphatic carbocycles. The lowest BCUT2D eigenvalue weighted by Gasteiger charge is -2.14. The van der Waals surface area contributed by atoms with Crippen molar-refractivity contribution in [1.29, 1.82) is 0 Å². The normalized spacial score (nSPS) is 12.7. The molecule has 0 spiro atoms. The standard InChI is InChI=1S/C11H11ClFN3/c1-8(9-3-2-4-10(13)5-9)16-7-14-15-11(16)6-12/h2-5,7-8H,6H2,1H3. The van der Waals surface area contributed by atoms with Gasteiger partial charge >= 0.3 is 0 Å². The maximum atomic E-state index is 13.1. The second kappa shape index (κ2) is 4.61. The van der Waals surface area contributed by atoms with Gasteiger partial charge in [-0.25, -0.2) is 4.39 Å². The van der Waals surface area contributed by atoms with Gasteiger partial charge < -0.3 is 4.57 Å². The lowest BCUT2D eigenvalue weighted by atomic mass is 10.1. The third-order valence-corrected chi connectivity index (χ3v) is 2.75. The van der Waals surface area contributed by atoms with Crippen LogP contribution in [0.1, 0.15) is 24.4 Å². The minimum absolute atomic E-state index is 0.0283. The van der Waals surface area contributed by atoms with Crippen molar-refractivity contribution in [2.24, 2.45) is 0 Å². The molecule has 1 atom stereocenters. The van der Waals surface area contributed by atoms with Crippen LogP contribution in [0, 0.1) is 5.82 Å². The van der Waals surface area contributed by atoms with E-state index in [0.29, 0.717) is 11.7 Å². The van der Waals surface area contributed by atoms with Gasteiger partial charge in [0.15, 0.2) is 0 Å². The number of hydrogen-bond acceptors (Lipinski definition) is 2. The van der Waals surface area contributed by atoms with Gasteiger partial charge in [-0.05, 0) is 24.6 Å². The highest BCUT2D eigenvalue weighted by molar-refractivity contribution is 6.16. The molecule has 2 aromatic rings. The molecule has 0 amide bonds. The third-order valence-electron chi connectivity index (χ3n) is 2.52. The van der Waals surface area contributed by atoms with Gasteiger partial charge in [0.25, 0.3) is 0 Å². The van der Waals surface area contributed by atoms with Gasteiger partial charge in [0.05, 0.1) is 11.9 Å². The first-order chi connectivity index (χ1) is 7.72. The highest BCUT2D eigenvalue weighted by atomic mass is 35.5. The summed E-state index contributed by atoms with van der Waals surface area (Å²) >= 11 is 5.74. The molecule has 0 N–H and O–H groups in total. The van der Waals surface area contributed by atoms with E-state index in [0.717, 1.165) is 5.56 Å². The molecule has 0 saturated carbocycles. The van der Waals surface area contributed by atoms with Crippen LogP contribution in [-0.2, 0) is 5.88 Å². The number of halogens is 2. The molecule has 3 nitrogen and oxygen atoms in total. The van der Waals surface area contributed by atoms with Crippen LogP contribution in [0.5, 0.6) is 0 Å². The van der Waals surface area contributed by atoms with Crippen molar-refractivity contribution in [1.82, 2.24) is 14.8 Å². The minimum atomic E-state index is -0.246. The van der Waals surface area contributed by atoms with E-state index in [1.807, 2.05) is 17.6 Å². The molecule has 0 aliphatic heterocycles. The van der Waals surface area contributed by atoms with Gasteiger partial charge in [0, 0.05) is 0 Å². The van der Waals surface area contributed by atoms with E-state index in [-0.39, 0.29) is 11.9 Å². The zero-order valence-corrected chi connectivity index (χ0v) is 9.52. The zero-order chi connectivity index (χ0) is 11.5. The fourth-order valence-corrected chi connectivity index (χ4v) is 1.80. The van der Waals surface area contributed by atoms with Crippen LogP contribution in [0.3, 0.4) is 0 Å². The summed E-state index contributed by atoms with van der Waals surface area (Å²) in [7, 11) is 0. The Kier molecular flexibility index (Phi) is 3.19. The SMILES string of the molecule is CC(c1cccc(F)c1)n1cnnc1CCl. The number of benzene rings is 1. The summed E-state index contributed by atoms with van der Waals surface area (Å²) in [5.74, 6) is 0.725. The topological polar surface area (TPSA) is 30.7 Å². The maximum absolute atomic E-state index is 13.1. The van der Waals surface area contributed by atoms with Crippen molar-refractivity contribution >= 4 is 11.6 Å². The Morgan fingerprint density at radius 1 is 1.50 bits per heavy atom. The van der Waals surface area contributed by atoms with E-state index in [1.165, 1.54) is 12.1 Å². The number of alkyl halides is 1. The van der Waals surface area contributed by atoms with Crippen LogP contribution in [-0.4, -0.2) is 14.8 Å². The highest BCUT2D eigenvalue weighted by Gasteiger charge is 2.12. The van der Waals surface area contributed by atoms with Gasteiger partial charge in [0.1, 0.15) is 18.0 Å². The van der Waals surface area contributed by atoms with Gasteiger partial charge in [-0.2, -0.15) is 0 Å². The largest absolute Gasteiger partial charge is 0.309 e. The van der Waals surface area contributed by atoms with E-state index in [2.05, 4.69) is 10.2 Å². The lowest BCUT2D eigenvalue weighted by Crippen LogP contribution is -2.09. The summed E-state index contributed by atoms with van der Waals surface area (Å²) < 4.78 is 14.9. The molecule has 1 aromatic heterocycles. The Morgan fingerprint density at radius 2 is 2.31 bits per heavy atom. The Morgan fingerprint density at radius 3 is 3.00 bits per heavy atom. The molecule has 1 heterocycles. The van der Waals surface area contributed by atoms with Crippen LogP contribution < -0.4 is 0 Å². The number of aromatic nitrogens is 3. The smallest absolute Gasteiger partial charge is 0.148 e. The van der Waals surface area contributed by atoms with E-state index in [9.17, 15) is 4.39 Å². The molecule has 1 aromatic carbocycles. The lowest BCUT2D eigenvalue weighted by molar-refractivity contribution is 0.593. The fourth-order valence-electron chi connectivity index (χ4n) is 1.61. The van der Waals surface area contributed by atoms with E-state index >= 15 is 0 Å². The number of hydrogen-bond donors (Lipinski definition) is 0. The first-order valence-electron chi connectivity index (χ1n) is 4.92. The second-order valence-electron chi connectivity index (χ2n) is 3.52. The molecule has 0 aliphatic rings. The predicted octanol–water partition coefficient (Wildman–Crippen LogP) is 2.77. The third kappa shape index (κ3) is 2.07.